The van der Waals surface area contributed by atoms with Gasteiger partial charge in [0, 0.05) is 25.6 Å². The summed E-state index contributed by atoms with van der Waals surface area (Å²) in [5, 5.41) is 12.8. The Kier molecular flexibility index (Phi) is 3.72. The number of amides is 3. The highest BCUT2D eigenvalue weighted by molar-refractivity contribution is 5.85. The van der Waals surface area contributed by atoms with E-state index >= 15 is 0 Å². The van der Waals surface area contributed by atoms with Crippen LogP contribution >= 0.6 is 0 Å². The summed E-state index contributed by atoms with van der Waals surface area (Å²) < 4.78 is 5.08. The highest BCUT2D eigenvalue weighted by Crippen LogP contribution is 2.23. The number of carbonyl (C=O) groups excluding carboxylic acids is 2. The molecule has 0 saturated carbocycles. The van der Waals surface area contributed by atoms with Crippen LogP contribution in [0.1, 0.15) is 19.3 Å². The van der Waals surface area contributed by atoms with Gasteiger partial charge in [0.25, 0.3) is 5.91 Å². The topological polar surface area (TPSA) is 105 Å². The van der Waals surface area contributed by atoms with Gasteiger partial charge in [-0.15, -0.1) is 0 Å². The van der Waals surface area contributed by atoms with Gasteiger partial charge < -0.3 is 25.8 Å². The molecular formula is C11H19N3O4. The van der Waals surface area contributed by atoms with Crippen LogP contribution in [-0.4, -0.2) is 59.9 Å². The Morgan fingerprint density at radius 1 is 1.50 bits per heavy atom. The van der Waals surface area contributed by atoms with Gasteiger partial charge in [-0.2, -0.15) is 0 Å². The average Bonchev–Trinajstić information content (AvgIpc) is 2.76. The molecular weight excluding hydrogens is 238 g/mol. The van der Waals surface area contributed by atoms with Crippen molar-refractivity contribution in [1.82, 2.24) is 10.2 Å². The van der Waals surface area contributed by atoms with Crippen molar-refractivity contribution in [3.8, 4) is 0 Å². The molecule has 2 atom stereocenters. The van der Waals surface area contributed by atoms with Crippen LogP contribution < -0.4 is 11.1 Å². The van der Waals surface area contributed by atoms with Crippen LogP contribution in [0.3, 0.4) is 0 Å². The molecule has 2 fully saturated rings. The first-order valence-electron chi connectivity index (χ1n) is 6.17. The Labute approximate surface area is 105 Å². The molecule has 0 radical (unpaired) electrons. The number of primary amides is 1. The molecule has 3 amide bonds. The zero-order valence-corrected chi connectivity index (χ0v) is 10.2. The van der Waals surface area contributed by atoms with E-state index in [0.29, 0.717) is 26.1 Å². The Balaban J connectivity index is 1.95. The first kappa shape index (κ1) is 13.1. The van der Waals surface area contributed by atoms with Crippen molar-refractivity contribution in [3.05, 3.63) is 0 Å². The average molecular weight is 257 g/mol. The third-order valence-corrected chi connectivity index (χ3v) is 3.45. The fraction of sp³-hybridized carbons (Fsp3) is 0.818. The minimum atomic E-state index is -1.39. The monoisotopic (exact) mass is 257 g/mol. The van der Waals surface area contributed by atoms with Crippen LogP contribution in [0.4, 0.5) is 4.79 Å². The highest BCUT2D eigenvalue weighted by atomic mass is 16.5. The minimum Gasteiger partial charge on any atom is -0.378 e. The number of nitrogens with two attached hydrogens (primary N) is 1. The molecule has 0 aromatic carbocycles. The Bertz CT molecular complexity index is 341. The molecule has 0 aromatic rings. The lowest BCUT2D eigenvalue weighted by atomic mass is 9.98. The van der Waals surface area contributed by atoms with Crippen LogP contribution in [-0.2, 0) is 9.53 Å². The highest BCUT2D eigenvalue weighted by Gasteiger charge is 2.43. The number of likely N-dealkylation sites (tertiary alicyclic amines) is 1. The molecule has 7 nitrogen and oxygen atoms in total. The molecule has 0 aromatic heterocycles. The van der Waals surface area contributed by atoms with Gasteiger partial charge in [0.05, 0.1) is 13.2 Å². The molecule has 7 heteroatoms. The van der Waals surface area contributed by atoms with Crippen molar-refractivity contribution < 1.29 is 19.4 Å². The number of rotatable bonds is 2. The maximum absolute atomic E-state index is 12.2. The number of aliphatic hydroxyl groups is 1. The molecule has 0 bridgehead atoms. The van der Waals surface area contributed by atoms with E-state index in [1.807, 2.05) is 0 Å². The molecule has 2 aliphatic heterocycles. The Morgan fingerprint density at radius 3 is 2.89 bits per heavy atom. The number of nitrogens with zero attached hydrogens (tertiary/aromatic N) is 1. The summed E-state index contributed by atoms with van der Waals surface area (Å²) in [7, 11) is 0. The molecule has 2 heterocycles. The van der Waals surface area contributed by atoms with Crippen LogP contribution in [0.2, 0.25) is 0 Å². The molecule has 102 valence electrons. The van der Waals surface area contributed by atoms with Gasteiger partial charge >= 0.3 is 6.03 Å². The number of hydrogen-bond donors (Lipinski definition) is 3. The summed E-state index contributed by atoms with van der Waals surface area (Å²) in [5.41, 5.74) is 3.68. The number of piperidine rings is 1. The van der Waals surface area contributed by atoms with E-state index in [1.165, 1.54) is 0 Å². The van der Waals surface area contributed by atoms with Crippen LogP contribution in [0.15, 0.2) is 0 Å². The van der Waals surface area contributed by atoms with E-state index in [4.69, 9.17) is 10.5 Å². The SMILES string of the molecule is NC(=O)N[C@@H]1CCCN(C(=O)C2(O)CCOC2)C1. The lowest BCUT2D eigenvalue weighted by Crippen LogP contribution is -2.56. The number of carbonyl (C=O) groups is 2. The quantitative estimate of drug-likeness (QED) is 0.577. The maximum atomic E-state index is 12.2. The predicted molar refractivity (Wildman–Crippen MR) is 62.7 cm³/mol. The van der Waals surface area contributed by atoms with E-state index in [9.17, 15) is 14.7 Å². The summed E-state index contributed by atoms with van der Waals surface area (Å²) >= 11 is 0. The molecule has 2 rings (SSSR count). The third kappa shape index (κ3) is 2.73. The fourth-order valence-corrected chi connectivity index (χ4v) is 2.50. The van der Waals surface area contributed by atoms with Gasteiger partial charge in [-0.25, -0.2) is 4.79 Å². The van der Waals surface area contributed by atoms with Crippen molar-refractivity contribution in [2.24, 2.45) is 5.73 Å². The third-order valence-electron chi connectivity index (χ3n) is 3.45. The van der Waals surface area contributed by atoms with Crippen molar-refractivity contribution in [2.45, 2.75) is 30.9 Å². The maximum Gasteiger partial charge on any atom is 0.312 e. The fourth-order valence-electron chi connectivity index (χ4n) is 2.50. The van der Waals surface area contributed by atoms with Crippen LogP contribution in [0.25, 0.3) is 0 Å². The second kappa shape index (κ2) is 5.11. The summed E-state index contributed by atoms with van der Waals surface area (Å²) in [6, 6.07) is -0.719. The molecule has 2 saturated heterocycles. The first-order chi connectivity index (χ1) is 8.51. The predicted octanol–water partition coefficient (Wildman–Crippen LogP) is -1.20. The van der Waals surface area contributed by atoms with Crippen molar-refractivity contribution in [1.29, 1.82) is 0 Å². The first-order valence-corrected chi connectivity index (χ1v) is 6.17. The zero-order valence-electron chi connectivity index (χ0n) is 10.2. The molecule has 2 aliphatic rings. The minimum absolute atomic E-state index is 0.0518. The van der Waals surface area contributed by atoms with Crippen molar-refractivity contribution in [3.63, 3.8) is 0 Å². The summed E-state index contributed by atoms with van der Waals surface area (Å²) in [5.74, 6) is -0.309. The smallest absolute Gasteiger partial charge is 0.312 e. The summed E-state index contributed by atoms with van der Waals surface area (Å²) in [6.07, 6.45) is 1.91. The lowest BCUT2D eigenvalue weighted by Gasteiger charge is -2.36. The number of hydrogen-bond acceptors (Lipinski definition) is 4. The second-order valence-electron chi connectivity index (χ2n) is 4.93. The van der Waals surface area contributed by atoms with Gasteiger partial charge in [-0.3, -0.25) is 4.79 Å². The molecule has 1 unspecified atom stereocenters. The second-order valence-corrected chi connectivity index (χ2v) is 4.93. The van der Waals surface area contributed by atoms with Crippen molar-refractivity contribution >= 4 is 11.9 Å². The van der Waals surface area contributed by atoms with Crippen molar-refractivity contribution in [2.75, 3.05) is 26.3 Å². The van der Waals surface area contributed by atoms with E-state index < -0.39 is 11.6 Å². The van der Waals surface area contributed by atoms with E-state index in [-0.39, 0.29) is 18.6 Å². The van der Waals surface area contributed by atoms with Gasteiger partial charge in [-0.05, 0) is 12.8 Å². The largest absolute Gasteiger partial charge is 0.378 e. The van der Waals surface area contributed by atoms with Gasteiger partial charge in [0.1, 0.15) is 0 Å². The van der Waals surface area contributed by atoms with Gasteiger partial charge in [0.15, 0.2) is 5.60 Å². The van der Waals surface area contributed by atoms with Gasteiger partial charge in [0.2, 0.25) is 0 Å². The van der Waals surface area contributed by atoms with E-state index in [2.05, 4.69) is 5.32 Å². The number of urea groups is 1. The lowest BCUT2D eigenvalue weighted by molar-refractivity contribution is -0.152. The Morgan fingerprint density at radius 2 is 2.28 bits per heavy atom. The number of nitrogens with one attached hydrogen (secondary N) is 1. The van der Waals surface area contributed by atoms with Gasteiger partial charge in [-0.1, -0.05) is 0 Å². The summed E-state index contributed by atoms with van der Waals surface area (Å²) in [6.45, 7) is 1.44. The normalized spacial score (nSPS) is 32.3. The molecule has 18 heavy (non-hydrogen) atoms. The van der Waals surface area contributed by atoms with E-state index in [1.54, 1.807) is 4.90 Å². The van der Waals surface area contributed by atoms with Crippen LogP contribution in [0.5, 0.6) is 0 Å². The summed E-state index contributed by atoms with van der Waals surface area (Å²) in [4.78, 5) is 24.6. The zero-order chi connectivity index (χ0) is 13.2. The Hall–Kier alpha value is -1.34. The molecule has 0 spiro atoms. The molecule has 0 aliphatic carbocycles. The number of ether oxygens (including phenoxy) is 1. The standard InChI is InChI=1S/C11H19N3O4/c12-10(16)13-8-2-1-4-14(6-8)9(15)11(17)3-5-18-7-11/h8,17H,1-7H2,(H3,12,13,16)/t8-,11?/m1/s1. The van der Waals surface area contributed by atoms with E-state index in [0.717, 1.165) is 12.8 Å². The van der Waals surface area contributed by atoms with Crippen LogP contribution in [0, 0.1) is 0 Å². The molecule has 4 N–H and O–H groups in total.